The van der Waals surface area contributed by atoms with Gasteiger partial charge in [-0.2, -0.15) is 0 Å². The van der Waals surface area contributed by atoms with Crippen LogP contribution in [0.5, 0.6) is 0 Å². The van der Waals surface area contributed by atoms with Crippen LogP contribution in [0.4, 0.5) is 11.4 Å². The Morgan fingerprint density at radius 3 is 2.76 bits per heavy atom. The Kier molecular flexibility index (Phi) is 3.46. The van der Waals surface area contributed by atoms with Crippen LogP contribution in [0, 0.1) is 0 Å². The molecule has 0 radical (unpaired) electrons. The average Bonchev–Trinajstić information content (AvgIpc) is 2.49. The molecule has 4 nitrogen and oxygen atoms in total. The highest BCUT2D eigenvalue weighted by atomic mass is 35.5. The molecule has 1 heterocycles. The van der Waals surface area contributed by atoms with Gasteiger partial charge in [-0.05, 0) is 30.3 Å². The van der Waals surface area contributed by atoms with Gasteiger partial charge in [0.2, 0.25) is 0 Å². The lowest BCUT2D eigenvalue weighted by Gasteiger charge is -2.09. The first kappa shape index (κ1) is 13.4. The van der Waals surface area contributed by atoms with Gasteiger partial charge in [-0.1, -0.05) is 29.8 Å². The van der Waals surface area contributed by atoms with E-state index in [1.54, 1.807) is 30.5 Å². The SMILES string of the molecule is Nc1cc(Cl)ccc1NC(=O)c1cccc2cccnc12. The van der Waals surface area contributed by atoms with E-state index in [1.165, 1.54) is 0 Å². The Bertz CT molecular complexity index is 827. The molecule has 0 aliphatic heterocycles. The summed E-state index contributed by atoms with van der Waals surface area (Å²) < 4.78 is 0. The smallest absolute Gasteiger partial charge is 0.257 e. The third kappa shape index (κ3) is 2.66. The highest BCUT2D eigenvalue weighted by molar-refractivity contribution is 6.31. The molecular weight excluding hydrogens is 286 g/mol. The quantitative estimate of drug-likeness (QED) is 0.708. The fraction of sp³-hybridized carbons (Fsp3) is 0. The Morgan fingerprint density at radius 1 is 1.14 bits per heavy atom. The second kappa shape index (κ2) is 5.42. The molecule has 0 fully saturated rings. The Morgan fingerprint density at radius 2 is 1.95 bits per heavy atom. The Balaban J connectivity index is 1.97. The number of carbonyl (C=O) groups is 1. The molecule has 0 atom stereocenters. The van der Waals surface area contributed by atoms with E-state index in [0.29, 0.717) is 27.5 Å². The summed E-state index contributed by atoms with van der Waals surface area (Å²) in [7, 11) is 0. The van der Waals surface area contributed by atoms with Crippen LogP contribution in [0.2, 0.25) is 5.02 Å². The molecule has 21 heavy (non-hydrogen) atoms. The third-order valence-corrected chi connectivity index (χ3v) is 3.37. The molecule has 0 bridgehead atoms. The topological polar surface area (TPSA) is 68.0 Å². The minimum absolute atomic E-state index is 0.256. The number of rotatable bonds is 2. The van der Waals surface area contributed by atoms with Crippen LogP contribution in [0.1, 0.15) is 10.4 Å². The maximum absolute atomic E-state index is 12.4. The normalized spacial score (nSPS) is 10.5. The van der Waals surface area contributed by atoms with Crippen LogP contribution in [0.15, 0.2) is 54.7 Å². The lowest BCUT2D eigenvalue weighted by atomic mass is 10.1. The zero-order chi connectivity index (χ0) is 14.8. The van der Waals surface area contributed by atoms with E-state index in [9.17, 15) is 4.79 Å². The van der Waals surface area contributed by atoms with Gasteiger partial charge in [0, 0.05) is 16.6 Å². The average molecular weight is 298 g/mol. The monoisotopic (exact) mass is 297 g/mol. The number of pyridine rings is 1. The predicted molar refractivity (Wildman–Crippen MR) is 85.6 cm³/mol. The van der Waals surface area contributed by atoms with Gasteiger partial charge in [0.1, 0.15) is 0 Å². The van der Waals surface area contributed by atoms with Gasteiger partial charge < -0.3 is 11.1 Å². The Labute approximate surface area is 126 Å². The first-order chi connectivity index (χ1) is 10.1. The fourth-order valence-corrected chi connectivity index (χ4v) is 2.31. The van der Waals surface area contributed by atoms with Crippen molar-refractivity contribution in [3.8, 4) is 0 Å². The number of aromatic nitrogens is 1. The summed E-state index contributed by atoms with van der Waals surface area (Å²) in [5, 5.41) is 4.22. The van der Waals surface area contributed by atoms with Crippen molar-refractivity contribution in [2.24, 2.45) is 0 Å². The zero-order valence-electron chi connectivity index (χ0n) is 11.0. The van der Waals surface area contributed by atoms with Crippen LogP contribution in [-0.2, 0) is 0 Å². The van der Waals surface area contributed by atoms with Crippen molar-refractivity contribution in [1.29, 1.82) is 0 Å². The van der Waals surface area contributed by atoms with Gasteiger partial charge in [-0.25, -0.2) is 0 Å². The van der Waals surface area contributed by atoms with E-state index in [2.05, 4.69) is 10.3 Å². The lowest BCUT2D eigenvalue weighted by Crippen LogP contribution is -2.14. The number of nitrogen functional groups attached to an aromatic ring is 1. The minimum atomic E-state index is -0.256. The van der Waals surface area contributed by atoms with E-state index < -0.39 is 0 Å². The number of nitrogens with two attached hydrogens (primary N) is 1. The highest BCUT2D eigenvalue weighted by Crippen LogP contribution is 2.24. The number of nitrogens with one attached hydrogen (secondary N) is 1. The largest absolute Gasteiger partial charge is 0.397 e. The summed E-state index contributed by atoms with van der Waals surface area (Å²) in [6, 6.07) is 14.2. The number of amides is 1. The lowest BCUT2D eigenvalue weighted by molar-refractivity contribution is 0.102. The molecule has 3 aromatic rings. The maximum Gasteiger partial charge on any atom is 0.257 e. The van der Waals surface area contributed by atoms with Gasteiger partial charge in [0.05, 0.1) is 22.5 Å². The number of carbonyl (C=O) groups excluding carboxylic acids is 1. The van der Waals surface area contributed by atoms with Crippen molar-refractivity contribution in [3.05, 3.63) is 65.3 Å². The van der Waals surface area contributed by atoms with Crippen LogP contribution in [0.3, 0.4) is 0 Å². The van der Waals surface area contributed by atoms with Crippen LogP contribution < -0.4 is 11.1 Å². The van der Waals surface area contributed by atoms with E-state index >= 15 is 0 Å². The molecule has 0 unspecified atom stereocenters. The number of fused-ring (bicyclic) bond motifs is 1. The van der Waals surface area contributed by atoms with Gasteiger partial charge in [0.25, 0.3) is 5.91 Å². The molecule has 3 N–H and O–H groups in total. The summed E-state index contributed by atoms with van der Waals surface area (Å²) in [5.74, 6) is -0.256. The minimum Gasteiger partial charge on any atom is -0.397 e. The van der Waals surface area contributed by atoms with Crippen molar-refractivity contribution < 1.29 is 4.79 Å². The van der Waals surface area contributed by atoms with E-state index in [0.717, 1.165) is 5.39 Å². The van der Waals surface area contributed by atoms with Crippen molar-refractivity contribution in [3.63, 3.8) is 0 Å². The van der Waals surface area contributed by atoms with Gasteiger partial charge in [-0.3, -0.25) is 9.78 Å². The second-order valence-electron chi connectivity index (χ2n) is 4.57. The molecule has 5 heteroatoms. The summed E-state index contributed by atoms with van der Waals surface area (Å²) in [6.45, 7) is 0. The number of anilines is 2. The summed E-state index contributed by atoms with van der Waals surface area (Å²) in [5.41, 5.74) is 7.95. The van der Waals surface area contributed by atoms with Crippen LogP contribution in [0.25, 0.3) is 10.9 Å². The molecular formula is C16H12ClN3O. The van der Waals surface area contributed by atoms with E-state index in [-0.39, 0.29) is 5.91 Å². The van der Waals surface area contributed by atoms with Gasteiger partial charge in [-0.15, -0.1) is 0 Å². The van der Waals surface area contributed by atoms with Crippen molar-refractivity contribution in [2.45, 2.75) is 0 Å². The van der Waals surface area contributed by atoms with Gasteiger partial charge >= 0.3 is 0 Å². The number of nitrogens with zero attached hydrogens (tertiary/aromatic N) is 1. The molecule has 0 saturated heterocycles. The standard InChI is InChI=1S/C16H12ClN3O/c17-11-6-7-14(13(18)9-11)20-16(21)12-5-1-3-10-4-2-8-19-15(10)12/h1-9H,18H2,(H,20,21). The first-order valence-electron chi connectivity index (χ1n) is 6.35. The number of benzene rings is 2. The molecule has 0 aliphatic rings. The molecule has 1 amide bonds. The maximum atomic E-state index is 12.4. The van der Waals surface area contributed by atoms with Crippen LogP contribution in [-0.4, -0.2) is 10.9 Å². The van der Waals surface area contributed by atoms with Gasteiger partial charge in [0.15, 0.2) is 0 Å². The van der Waals surface area contributed by atoms with Crippen molar-refractivity contribution >= 4 is 39.8 Å². The number of halogens is 1. The third-order valence-electron chi connectivity index (χ3n) is 3.14. The van der Waals surface area contributed by atoms with Crippen molar-refractivity contribution in [2.75, 3.05) is 11.1 Å². The summed E-state index contributed by atoms with van der Waals surface area (Å²) in [4.78, 5) is 16.7. The molecule has 0 aliphatic carbocycles. The highest BCUT2D eigenvalue weighted by Gasteiger charge is 2.12. The number of para-hydroxylation sites is 1. The second-order valence-corrected chi connectivity index (χ2v) is 5.00. The molecule has 2 aromatic carbocycles. The molecule has 3 rings (SSSR count). The molecule has 1 aromatic heterocycles. The fourth-order valence-electron chi connectivity index (χ4n) is 2.12. The van der Waals surface area contributed by atoms with Crippen LogP contribution >= 0.6 is 11.6 Å². The zero-order valence-corrected chi connectivity index (χ0v) is 11.8. The number of hydrogen-bond acceptors (Lipinski definition) is 3. The van der Waals surface area contributed by atoms with E-state index in [4.69, 9.17) is 17.3 Å². The van der Waals surface area contributed by atoms with Crippen molar-refractivity contribution in [1.82, 2.24) is 4.98 Å². The Hall–Kier alpha value is -2.59. The molecule has 104 valence electrons. The van der Waals surface area contributed by atoms with E-state index in [1.807, 2.05) is 24.3 Å². The summed E-state index contributed by atoms with van der Waals surface area (Å²) >= 11 is 5.85. The summed E-state index contributed by atoms with van der Waals surface area (Å²) in [6.07, 6.45) is 1.66. The predicted octanol–water partition coefficient (Wildman–Crippen LogP) is 3.72. The first-order valence-corrected chi connectivity index (χ1v) is 6.73. The molecule has 0 saturated carbocycles. The molecule has 0 spiro atoms. The number of hydrogen-bond donors (Lipinski definition) is 2.